The number of rotatable bonds is 2. The van der Waals surface area contributed by atoms with Crippen molar-refractivity contribution in [2.75, 3.05) is 11.4 Å². The standard InChI is InChI=1S/C7H7BrClNO2S/c1-10(13(9,11)12)7-4-2-6(8)3-5-7/h2-5H,1H3. The molecule has 1 aromatic rings. The van der Waals surface area contributed by atoms with E-state index in [1.807, 2.05) is 0 Å². The van der Waals surface area contributed by atoms with Crippen molar-refractivity contribution < 1.29 is 8.42 Å². The molecule has 0 fully saturated rings. The van der Waals surface area contributed by atoms with Crippen LogP contribution in [0.1, 0.15) is 0 Å². The van der Waals surface area contributed by atoms with Gasteiger partial charge in [-0.25, -0.2) is 0 Å². The first-order valence-electron chi connectivity index (χ1n) is 3.35. The van der Waals surface area contributed by atoms with Crippen LogP contribution in [0.25, 0.3) is 0 Å². The van der Waals surface area contributed by atoms with Gasteiger partial charge in [-0.15, -0.1) is 0 Å². The quantitative estimate of drug-likeness (QED) is 0.782. The number of halogens is 2. The van der Waals surface area contributed by atoms with Gasteiger partial charge in [-0.05, 0) is 24.3 Å². The van der Waals surface area contributed by atoms with Gasteiger partial charge in [0.15, 0.2) is 0 Å². The molecular formula is C7H7BrClNO2S. The zero-order valence-electron chi connectivity index (χ0n) is 6.74. The SMILES string of the molecule is CN(c1ccc(Br)cc1)S(=O)(=O)Cl. The van der Waals surface area contributed by atoms with Gasteiger partial charge in [-0.1, -0.05) is 15.9 Å². The van der Waals surface area contributed by atoms with Crippen molar-refractivity contribution in [3.8, 4) is 0 Å². The Balaban J connectivity index is 3.04. The van der Waals surface area contributed by atoms with Gasteiger partial charge in [0.05, 0.1) is 5.69 Å². The molecule has 0 aliphatic rings. The zero-order chi connectivity index (χ0) is 10.1. The summed E-state index contributed by atoms with van der Waals surface area (Å²) in [5, 5.41) is 0. The lowest BCUT2D eigenvalue weighted by atomic mass is 10.3. The van der Waals surface area contributed by atoms with Crippen LogP contribution in [0.15, 0.2) is 28.7 Å². The summed E-state index contributed by atoms with van der Waals surface area (Å²) in [6.45, 7) is 0. The predicted octanol–water partition coefficient (Wildman–Crippen LogP) is 2.37. The van der Waals surface area contributed by atoms with Gasteiger partial charge in [0, 0.05) is 22.2 Å². The highest BCUT2D eigenvalue weighted by atomic mass is 79.9. The third kappa shape index (κ3) is 2.86. The lowest BCUT2D eigenvalue weighted by Crippen LogP contribution is -2.20. The normalized spacial score (nSPS) is 11.3. The fourth-order valence-corrected chi connectivity index (χ4v) is 1.65. The second kappa shape index (κ2) is 3.86. The van der Waals surface area contributed by atoms with E-state index < -0.39 is 9.24 Å². The van der Waals surface area contributed by atoms with Crippen LogP contribution in [0, 0.1) is 0 Å². The van der Waals surface area contributed by atoms with Crippen molar-refractivity contribution in [1.82, 2.24) is 0 Å². The summed E-state index contributed by atoms with van der Waals surface area (Å²) in [6, 6.07) is 6.80. The van der Waals surface area contributed by atoms with Crippen LogP contribution >= 0.6 is 26.6 Å². The van der Waals surface area contributed by atoms with Gasteiger partial charge in [0.25, 0.3) is 0 Å². The Bertz CT molecular complexity index is 389. The van der Waals surface area contributed by atoms with E-state index in [-0.39, 0.29) is 0 Å². The summed E-state index contributed by atoms with van der Waals surface area (Å²) < 4.78 is 23.7. The maximum atomic E-state index is 10.9. The van der Waals surface area contributed by atoms with E-state index in [2.05, 4.69) is 15.9 Å². The van der Waals surface area contributed by atoms with E-state index >= 15 is 0 Å². The first kappa shape index (κ1) is 10.8. The van der Waals surface area contributed by atoms with Crippen molar-refractivity contribution in [2.45, 2.75) is 0 Å². The maximum absolute atomic E-state index is 10.9. The van der Waals surface area contributed by atoms with Crippen molar-refractivity contribution >= 4 is 41.5 Å². The minimum atomic E-state index is -3.68. The van der Waals surface area contributed by atoms with E-state index in [1.165, 1.54) is 7.05 Å². The summed E-state index contributed by atoms with van der Waals surface area (Å²) in [5.41, 5.74) is 0.526. The highest BCUT2D eigenvalue weighted by Crippen LogP contribution is 2.20. The van der Waals surface area contributed by atoms with Crippen LogP contribution < -0.4 is 4.31 Å². The van der Waals surface area contributed by atoms with E-state index in [0.29, 0.717) is 5.69 Å². The molecule has 0 spiro atoms. The predicted molar refractivity (Wildman–Crippen MR) is 57.3 cm³/mol. The molecule has 0 saturated heterocycles. The summed E-state index contributed by atoms with van der Waals surface area (Å²) in [6.07, 6.45) is 0. The van der Waals surface area contributed by atoms with E-state index in [1.54, 1.807) is 24.3 Å². The molecule has 0 radical (unpaired) electrons. The molecule has 0 N–H and O–H groups in total. The lowest BCUT2D eigenvalue weighted by Gasteiger charge is -2.14. The molecule has 1 aromatic carbocycles. The van der Waals surface area contributed by atoms with Gasteiger partial charge >= 0.3 is 9.24 Å². The minimum Gasteiger partial charge on any atom is -0.261 e. The number of anilines is 1. The van der Waals surface area contributed by atoms with Crippen molar-refractivity contribution in [3.63, 3.8) is 0 Å². The average molecular weight is 285 g/mol. The molecule has 1 rings (SSSR count). The van der Waals surface area contributed by atoms with Crippen LogP contribution in [0.2, 0.25) is 0 Å². The molecule has 0 unspecified atom stereocenters. The fourth-order valence-electron chi connectivity index (χ4n) is 0.777. The van der Waals surface area contributed by atoms with E-state index in [0.717, 1.165) is 8.78 Å². The summed E-state index contributed by atoms with van der Waals surface area (Å²) >= 11 is 3.24. The largest absolute Gasteiger partial charge is 0.321 e. The third-order valence-corrected chi connectivity index (χ3v) is 3.53. The smallest absolute Gasteiger partial charge is 0.261 e. The van der Waals surface area contributed by atoms with E-state index in [9.17, 15) is 8.42 Å². The highest BCUT2D eigenvalue weighted by molar-refractivity contribution is 9.10. The third-order valence-electron chi connectivity index (χ3n) is 1.52. The van der Waals surface area contributed by atoms with E-state index in [4.69, 9.17) is 10.7 Å². The maximum Gasteiger partial charge on any atom is 0.321 e. The van der Waals surface area contributed by atoms with Crippen LogP contribution in [0.5, 0.6) is 0 Å². The first-order valence-corrected chi connectivity index (χ1v) is 6.41. The first-order chi connectivity index (χ1) is 5.91. The molecule has 0 aliphatic heterocycles. The van der Waals surface area contributed by atoms with Crippen LogP contribution in [0.3, 0.4) is 0 Å². The molecule has 13 heavy (non-hydrogen) atoms. The highest BCUT2D eigenvalue weighted by Gasteiger charge is 2.13. The van der Waals surface area contributed by atoms with Gasteiger partial charge in [-0.2, -0.15) is 8.42 Å². The molecule has 6 heteroatoms. The Labute approximate surface area is 90.0 Å². The lowest BCUT2D eigenvalue weighted by molar-refractivity contribution is 0.608. The summed E-state index contributed by atoms with van der Waals surface area (Å²) in [4.78, 5) is 0. The minimum absolute atomic E-state index is 0.526. The van der Waals surface area contributed by atoms with Crippen LogP contribution in [-0.2, 0) is 9.24 Å². The molecule has 0 aromatic heterocycles. The van der Waals surface area contributed by atoms with Crippen molar-refractivity contribution in [2.24, 2.45) is 0 Å². The number of nitrogens with zero attached hydrogens (tertiary/aromatic N) is 1. The number of hydrogen-bond acceptors (Lipinski definition) is 2. The fraction of sp³-hybridized carbons (Fsp3) is 0.143. The van der Waals surface area contributed by atoms with Crippen LogP contribution in [0.4, 0.5) is 5.69 Å². The summed E-state index contributed by atoms with van der Waals surface area (Å²) in [5.74, 6) is 0. The molecule has 0 atom stereocenters. The van der Waals surface area contributed by atoms with Crippen molar-refractivity contribution in [1.29, 1.82) is 0 Å². The Morgan fingerprint density at radius 1 is 1.31 bits per heavy atom. The molecule has 3 nitrogen and oxygen atoms in total. The molecular weight excluding hydrogens is 278 g/mol. The Hall–Kier alpha value is -0.260. The second-order valence-corrected chi connectivity index (χ2v) is 5.84. The van der Waals surface area contributed by atoms with Crippen molar-refractivity contribution in [3.05, 3.63) is 28.7 Å². The zero-order valence-corrected chi connectivity index (χ0v) is 9.90. The Kier molecular flexibility index (Phi) is 3.21. The number of hydrogen-bond donors (Lipinski definition) is 0. The molecule has 0 heterocycles. The Morgan fingerprint density at radius 2 is 1.77 bits per heavy atom. The van der Waals surface area contributed by atoms with Gasteiger partial charge < -0.3 is 0 Å². The molecule has 0 saturated carbocycles. The van der Waals surface area contributed by atoms with Gasteiger partial charge in [0.2, 0.25) is 0 Å². The summed E-state index contributed by atoms with van der Waals surface area (Å²) in [7, 11) is 2.86. The van der Waals surface area contributed by atoms with Gasteiger partial charge in [-0.3, -0.25) is 4.31 Å². The molecule has 0 amide bonds. The second-order valence-electron chi connectivity index (χ2n) is 2.39. The Morgan fingerprint density at radius 3 is 2.15 bits per heavy atom. The van der Waals surface area contributed by atoms with Gasteiger partial charge in [0.1, 0.15) is 0 Å². The average Bonchev–Trinajstić information content (AvgIpc) is 2.03. The molecule has 0 bridgehead atoms. The monoisotopic (exact) mass is 283 g/mol. The molecule has 0 aliphatic carbocycles. The topological polar surface area (TPSA) is 37.4 Å². The number of benzene rings is 1. The molecule has 72 valence electrons. The van der Waals surface area contributed by atoms with Crippen LogP contribution in [-0.4, -0.2) is 15.5 Å².